The van der Waals surface area contributed by atoms with Crippen LogP contribution < -0.4 is 5.56 Å². The Morgan fingerprint density at radius 2 is 1.79 bits per heavy atom. The molecule has 0 unspecified atom stereocenters. The van der Waals surface area contributed by atoms with Crippen LogP contribution in [0.4, 0.5) is 0 Å². The van der Waals surface area contributed by atoms with E-state index in [4.69, 9.17) is 0 Å². The van der Waals surface area contributed by atoms with Gasteiger partial charge in [0.15, 0.2) is 0 Å². The van der Waals surface area contributed by atoms with Crippen molar-refractivity contribution >= 4 is 22.8 Å². The van der Waals surface area contributed by atoms with Gasteiger partial charge in [-0.25, -0.2) is 4.68 Å². The molecule has 1 aliphatic carbocycles. The van der Waals surface area contributed by atoms with Crippen molar-refractivity contribution in [2.24, 2.45) is 0 Å². The fourth-order valence-corrected chi connectivity index (χ4v) is 4.49. The molecule has 2 heterocycles. The lowest BCUT2D eigenvalue weighted by atomic mass is 9.74. The molecule has 1 aliphatic heterocycles. The molecule has 5 nitrogen and oxygen atoms in total. The molecule has 0 N–H and O–H groups in total. The maximum Gasteiger partial charge on any atom is 0.275 e. The van der Waals surface area contributed by atoms with Gasteiger partial charge in [-0.1, -0.05) is 54.6 Å². The van der Waals surface area contributed by atoms with Gasteiger partial charge in [-0.15, -0.1) is 0 Å². The number of carbonyl (C=O) groups is 1. The Labute approximate surface area is 162 Å². The van der Waals surface area contributed by atoms with Gasteiger partial charge in [0.05, 0.1) is 11.6 Å². The number of hydrogen-bond donors (Lipinski definition) is 0. The van der Waals surface area contributed by atoms with Gasteiger partial charge < -0.3 is 4.90 Å². The van der Waals surface area contributed by atoms with E-state index in [1.807, 2.05) is 23.1 Å². The second-order valence-electron chi connectivity index (χ2n) is 7.65. The number of hydrogen-bond acceptors (Lipinski definition) is 3. The monoisotopic (exact) mass is 371 g/mol. The van der Waals surface area contributed by atoms with E-state index in [2.05, 4.69) is 41.5 Å². The maximum atomic E-state index is 12.8. The first-order valence-corrected chi connectivity index (χ1v) is 9.68. The SMILES string of the molecule is O=C(Cn1ncc2ccccc2c1=O)N1CCC2(C=Cc3ccccc32)CC1. The molecular formula is C23H21N3O2. The Balaban J connectivity index is 1.32. The first-order chi connectivity index (χ1) is 13.7. The number of amides is 1. The van der Waals surface area contributed by atoms with Crippen LogP contribution in [-0.2, 0) is 16.8 Å². The zero-order valence-corrected chi connectivity index (χ0v) is 15.5. The number of aromatic nitrogens is 2. The summed E-state index contributed by atoms with van der Waals surface area (Å²) in [7, 11) is 0. The molecule has 0 radical (unpaired) electrons. The van der Waals surface area contributed by atoms with E-state index in [0.29, 0.717) is 18.5 Å². The molecule has 0 atom stereocenters. The topological polar surface area (TPSA) is 55.2 Å². The van der Waals surface area contributed by atoms with Gasteiger partial charge >= 0.3 is 0 Å². The zero-order chi connectivity index (χ0) is 19.1. The molecule has 1 aromatic heterocycles. The van der Waals surface area contributed by atoms with Crippen LogP contribution in [0, 0.1) is 0 Å². The zero-order valence-electron chi connectivity index (χ0n) is 15.5. The van der Waals surface area contributed by atoms with Crippen molar-refractivity contribution in [2.45, 2.75) is 24.8 Å². The first-order valence-electron chi connectivity index (χ1n) is 9.68. The summed E-state index contributed by atoms with van der Waals surface area (Å²) in [4.78, 5) is 27.3. The second-order valence-corrected chi connectivity index (χ2v) is 7.65. The van der Waals surface area contributed by atoms with Crippen molar-refractivity contribution in [2.75, 3.05) is 13.1 Å². The smallest absolute Gasteiger partial charge is 0.275 e. The minimum absolute atomic E-state index is 0.0108. The largest absolute Gasteiger partial charge is 0.341 e. The molecule has 3 aromatic rings. The Bertz CT molecular complexity index is 1150. The van der Waals surface area contributed by atoms with Crippen molar-refractivity contribution < 1.29 is 4.79 Å². The highest BCUT2D eigenvalue weighted by atomic mass is 16.2. The molecule has 1 amide bonds. The van der Waals surface area contributed by atoms with Gasteiger partial charge in [0, 0.05) is 23.9 Å². The van der Waals surface area contributed by atoms with Crippen LogP contribution in [0.5, 0.6) is 0 Å². The van der Waals surface area contributed by atoms with Gasteiger partial charge in [-0.2, -0.15) is 5.10 Å². The quantitative estimate of drug-likeness (QED) is 0.696. The van der Waals surface area contributed by atoms with Crippen molar-refractivity contribution in [3.8, 4) is 0 Å². The summed E-state index contributed by atoms with van der Waals surface area (Å²) in [6.45, 7) is 1.38. The van der Waals surface area contributed by atoms with Crippen molar-refractivity contribution in [1.82, 2.24) is 14.7 Å². The summed E-state index contributed by atoms with van der Waals surface area (Å²) in [6.07, 6.45) is 7.97. The third-order valence-corrected chi connectivity index (χ3v) is 6.13. The highest BCUT2D eigenvalue weighted by Crippen LogP contribution is 2.43. The number of fused-ring (bicyclic) bond motifs is 3. The lowest BCUT2D eigenvalue weighted by Crippen LogP contribution is -2.46. The van der Waals surface area contributed by atoms with Crippen molar-refractivity contribution in [3.63, 3.8) is 0 Å². The van der Waals surface area contributed by atoms with Crippen molar-refractivity contribution in [1.29, 1.82) is 0 Å². The summed E-state index contributed by atoms with van der Waals surface area (Å²) in [5, 5.41) is 5.57. The van der Waals surface area contributed by atoms with Gasteiger partial charge in [0.2, 0.25) is 5.91 Å². The third kappa shape index (κ3) is 2.66. The number of carbonyl (C=O) groups excluding carboxylic acids is 1. The average Bonchev–Trinajstić information content (AvgIpc) is 3.09. The number of piperidine rings is 1. The first kappa shape index (κ1) is 16.9. The van der Waals surface area contributed by atoms with Crippen molar-refractivity contribution in [3.05, 3.63) is 82.3 Å². The molecule has 5 rings (SSSR count). The lowest BCUT2D eigenvalue weighted by Gasteiger charge is -2.39. The van der Waals surface area contributed by atoms with Gasteiger partial charge in [-0.05, 0) is 30.0 Å². The normalized spacial score (nSPS) is 17.2. The molecule has 2 aliphatic rings. The second kappa shape index (κ2) is 6.44. The van der Waals surface area contributed by atoms with Gasteiger partial charge in [0.1, 0.15) is 6.54 Å². The molecule has 1 spiro atoms. The minimum Gasteiger partial charge on any atom is -0.341 e. The standard InChI is InChI=1S/C23H21N3O2/c27-21(16-26-22(28)19-7-3-1-6-18(19)15-24-26)25-13-11-23(12-14-25)10-9-17-5-2-4-8-20(17)23/h1-10,15H,11-14,16H2. The average molecular weight is 371 g/mol. The van der Waals surface area contributed by atoms with E-state index in [1.165, 1.54) is 15.8 Å². The molecule has 2 aromatic carbocycles. The highest BCUT2D eigenvalue weighted by Gasteiger charge is 2.38. The Kier molecular flexibility index (Phi) is 3.90. The molecule has 140 valence electrons. The number of allylic oxidation sites excluding steroid dienone is 1. The molecule has 1 fully saturated rings. The predicted molar refractivity (Wildman–Crippen MR) is 109 cm³/mol. The molecule has 5 heteroatoms. The summed E-state index contributed by atoms with van der Waals surface area (Å²) in [6, 6.07) is 15.8. The third-order valence-electron chi connectivity index (χ3n) is 6.13. The Hall–Kier alpha value is -3.21. The van der Waals surface area contributed by atoms with Crippen LogP contribution in [0.3, 0.4) is 0 Å². The lowest BCUT2D eigenvalue weighted by molar-refractivity contribution is -0.133. The number of nitrogens with zero attached hydrogens (tertiary/aromatic N) is 3. The summed E-state index contributed by atoms with van der Waals surface area (Å²) >= 11 is 0. The molecule has 0 bridgehead atoms. The number of likely N-dealkylation sites (tertiary alicyclic amines) is 1. The minimum atomic E-state index is -0.215. The van der Waals surface area contributed by atoms with E-state index in [0.717, 1.165) is 18.2 Å². The molecule has 0 saturated carbocycles. The van der Waals surface area contributed by atoms with E-state index in [1.54, 1.807) is 12.3 Å². The molecule has 1 saturated heterocycles. The van der Waals surface area contributed by atoms with Crippen LogP contribution in [-0.4, -0.2) is 33.7 Å². The summed E-state index contributed by atoms with van der Waals surface area (Å²) in [5.41, 5.74) is 2.49. The van der Waals surface area contributed by atoms with E-state index in [-0.39, 0.29) is 23.4 Å². The number of rotatable bonds is 2. The summed E-state index contributed by atoms with van der Waals surface area (Å²) in [5.74, 6) is -0.0463. The van der Waals surface area contributed by atoms with Crippen LogP contribution in [0.2, 0.25) is 0 Å². The van der Waals surface area contributed by atoms with E-state index in [9.17, 15) is 9.59 Å². The van der Waals surface area contributed by atoms with E-state index < -0.39 is 0 Å². The van der Waals surface area contributed by atoms with Crippen LogP contribution in [0.25, 0.3) is 16.8 Å². The summed E-state index contributed by atoms with van der Waals surface area (Å²) < 4.78 is 1.28. The maximum absolute atomic E-state index is 12.8. The fraction of sp³-hybridized carbons (Fsp3) is 0.261. The van der Waals surface area contributed by atoms with Crippen LogP contribution in [0.1, 0.15) is 24.0 Å². The highest BCUT2D eigenvalue weighted by molar-refractivity contribution is 5.81. The van der Waals surface area contributed by atoms with Gasteiger partial charge in [-0.3, -0.25) is 9.59 Å². The van der Waals surface area contributed by atoms with Gasteiger partial charge in [0.25, 0.3) is 5.56 Å². The van der Waals surface area contributed by atoms with Crippen LogP contribution >= 0.6 is 0 Å². The van der Waals surface area contributed by atoms with E-state index >= 15 is 0 Å². The molecular weight excluding hydrogens is 350 g/mol. The Morgan fingerprint density at radius 3 is 2.64 bits per heavy atom. The fourth-order valence-electron chi connectivity index (χ4n) is 4.49. The molecule has 28 heavy (non-hydrogen) atoms. The Morgan fingerprint density at radius 1 is 1.04 bits per heavy atom. The predicted octanol–water partition coefficient (Wildman–Crippen LogP) is 2.98. The number of benzene rings is 2. The van der Waals surface area contributed by atoms with Crippen LogP contribution in [0.15, 0.2) is 65.6 Å².